The van der Waals surface area contributed by atoms with E-state index in [2.05, 4.69) is 0 Å². The number of halogens is 8. The van der Waals surface area contributed by atoms with Crippen molar-refractivity contribution < 1.29 is 34.8 Å². The normalized spacial score (nSPS) is 15.4. The molecule has 29 heavy (non-hydrogen) atoms. The molecule has 0 spiro atoms. The molecule has 0 fully saturated rings. The molecule has 2 unspecified atom stereocenters. The number of hydrogen-bond donors (Lipinski definition) is 0. The first-order valence-corrected chi connectivity index (χ1v) is 12.5. The van der Waals surface area contributed by atoms with Crippen molar-refractivity contribution in [3.8, 4) is 0 Å². The molecule has 2 atom stereocenters. The summed E-state index contributed by atoms with van der Waals surface area (Å²) in [5.74, 6) is 0.457. The van der Waals surface area contributed by atoms with Crippen LogP contribution in [-0.2, 0) is 9.84 Å². The second-order valence-electron chi connectivity index (χ2n) is 7.22. The van der Waals surface area contributed by atoms with Crippen LogP contribution in [0.4, 0.5) is 26.3 Å². The molecule has 0 rings (SSSR count). The maximum Gasteiger partial charge on any atom is 0.389 e. The van der Waals surface area contributed by atoms with E-state index in [0.717, 1.165) is 0 Å². The van der Waals surface area contributed by atoms with Crippen LogP contribution < -0.4 is 0 Å². The molecule has 0 aliphatic heterocycles. The Morgan fingerprint density at radius 3 is 1.17 bits per heavy atom. The van der Waals surface area contributed by atoms with Crippen LogP contribution in [-0.4, -0.2) is 43.0 Å². The largest absolute Gasteiger partial charge is 0.389 e. The molecular weight excluding hydrogens is 465 g/mol. The number of unbranched alkanes of at least 4 members (excludes halogenated alkanes) is 2. The van der Waals surface area contributed by atoms with Gasteiger partial charge in [-0.1, -0.05) is 12.8 Å². The lowest BCUT2D eigenvalue weighted by Crippen LogP contribution is -2.33. The first-order valence-electron chi connectivity index (χ1n) is 9.81. The van der Waals surface area contributed by atoms with Crippen molar-refractivity contribution >= 4 is 33.0 Å². The third-order valence-corrected chi connectivity index (χ3v) is 8.06. The molecule has 176 valence electrons. The van der Waals surface area contributed by atoms with Crippen molar-refractivity contribution in [2.45, 2.75) is 99.9 Å². The quantitative estimate of drug-likeness (QED) is 0.127. The Bertz CT molecular complexity index is 483. The van der Waals surface area contributed by atoms with Gasteiger partial charge in [0.1, 0.15) is 0 Å². The number of sulfone groups is 1. The minimum absolute atomic E-state index is 0.0925. The van der Waals surface area contributed by atoms with E-state index in [1.54, 1.807) is 0 Å². The van der Waals surface area contributed by atoms with Gasteiger partial charge < -0.3 is 0 Å². The molecule has 0 amide bonds. The molecule has 0 aromatic heterocycles. The van der Waals surface area contributed by atoms with Gasteiger partial charge in [0, 0.05) is 24.6 Å². The number of alkyl halides is 8. The summed E-state index contributed by atoms with van der Waals surface area (Å²) in [6.07, 6.45) is -9.14. The highest BCUT2D eigenvalue weighted by atomic mass is 35.5. The summed E-state index contributed by atoms with van der Waals surface area (Å²) in [6.45, 7) is 0. The van der Waals surface area contributed by atoms with Crippen molar-refractivity contribution in [2.24, 2.45) is 0 Å². The summed E-state index contributed by atoms with van der Waals surface area (Å²) in [5.41, 5.74) is 0. The second kappa shape index (κ2) is 14.2. The molecule has 0 aromatic rings. The van der Waals surface area contributed by atoms with E-state index in [0.29, 0.717) is 12.8 Å². The molecule has 0 aliphatic rings. The van der Waals surface area contributed by atoms with Gasteiger partial charge in [0.15, 0.2) is 9.84 Å². The van der Waals surface area contributed by atoms with Crippen LogP contribution in [0.3, 0.4) is 0 Å². The smallest absolute Gasteiger partial charge is 0.228 e. The molecule has 0 aliphatic carbocycles. The van der Waals surface area contributed by atoms with Crippen LogP contribution in [0.25, 0.3) is 0 Å². The highest BCUT2D eigenvalue weighted by molar-refractivity contribution is 7.92. The van der Waals surface area contributed by atoms with Gasteiger partial charge in [-0.05, 0) is 51.4 Å². The SMILES string of the molecule is O=S(=O)(C(CCCCl)CCCCC(F)(F)F)C(CCCCl)CCCCC(F)(F)F. The third-order valence-electron chi connectivity index (χ3n) is 4.72. The van der Waals surface area contributed by atoms with Crippen LogP contribution in [0.2, 0.25) is 0 Å². The predicted octanol–water partition coefficient (Wildman–Crippen LogP) is 7.42. The van der Waals surface area contributed by atoms with Crippen LogP contribution in [0.15, 0.2) is 0 Å². The average Bonchev–Trinajstić information content (AvgIpc) is 2.58. The van der Waals surface area contributed by atoms with Gasteiger partial charge in [-0.3, -0.25) is 0 Å². The molecule has 0 radical (unpaired) electrons. The summed E-state index contributed by atoms with van der Waals surface area (Å²) in [6, 6.07) is 0. The van der Waals surface area contributed by atoms with E-state index in [4.69, 9.17) is 23.2 Å². The minimum atomic E-state index is -4.29. The van der Waals surface area contributed by atoms with E-state index >= 15 is 0 Å². The van der Waals surface area contributed by atoms with Gasteiger partial charge in [-0.15, -0.1) is 23.2 Å². The maximum absolute atomic E-state index is 13.1. The van der Waals surface area contributed by atoms with Crippen molar-refractivity contribution in [3.63, 3.8) is 0 Å². The predicted molar refractivity (Wildman–Crippen MR) is 105 cm³/mol. The molecule has 2 nitrogen and oxygen atoms in total. The Balaban J connectivity index is 5.03. The Morgan fingerprint density at radius 1 is 0.586 bits per heavy atom. The fourth-order valence-electron chi connectivity index (χ4n) is 3.22. The van der Waals surface area contributed by atoms with Gasteiger partial charge in [0.2, 0.25) is 0 Å². The molecule has 0 heterocycles. The van der Waals surface area contributed by atoms with E-state index in [1.165, 1.54) is 0 Å². The van der Waals surface area contributed by atoms with E-state index in [1.807, 2.05) is 0 Å². The Kier molecular flexibility index (Phi) is 14.3. The fourth-order valence-corrected chi connectivity index (χ4v) is 6.06. The fraction of sp³-hybridized carbons (Fsp3) is 1.00. The first-order chi connectivity index (χ1) is 13.3. The topological polar surface area (TPSA) is 34.1 Å². The summed E-state index contributed by atoms with van der Waals surface area (Å²) in [7, 11) is -3.72. The Hall–Kier alpha value is 0.110. The minimum Gasteiger partial charge on any atom is -0.228 e. The first kappa shape index (κ1) is 29.1. The van der Waals surface area contributed by atoms with Gasteiger partial charge in [0.25, 0.3) is 0 Å². The third kappa shape index (κ3) is 14.7. The van der Waals surface area contributed by atoms with Crippen molar-refractivity contribution in [3.05, 3.63) is 0 Å². The van der Waals surface area contributed by atoms with Crippen molar-refractivity contribution in [1.82, 2.24) is 0 Å². The van der Waals surface area contributed by atoms with Gasteiger partial charge in [0.05, 0.1) is 10.5 Å². The average molecular weight is 495 g/mol. The van der Waals surface area contributed by atoms with Gasteiger partial charge in [-0.2, -0.15) is 26.3 Å². The molecular formula is C18H30Cl2F6O2S. The summed E-state index contributed by atoms with van der Waals surface area (Å²) >= 11 is 11.3. The zero-order valence-corrected chi connectivity index (χ0v) is 18.6. The standard InChI is InChI=1S/C18H30Cl2F6O2S/c19-13-5-9-15(7-1-3-11-17(21,22)23)29(27,28)16(10-6-14-20)8-2-4-12-18(24,25)26/h15-16H,1-14H2. The molecule has 0 aromatic carbocycles. The van der Waals surface area contributed by atoms with Crippen LogP contribution >= 0.6 is 23.2 Å². The molecule has 0 saturated carbocycles. The van der Waals surface area contributed by atoms with E-state index < -0.39 is 45.5 Å². The molecule has 0 bridgehead atoms. The lowest BCUT2D eigenvalue weighted by atomic mass is 10.1. The Morgan fingerprint density at radius 2 is 0.897 bits per heavy atom. The highest BCUT2D eigenvalue weighted by Gasteiger charge is 2.34. The Labute approximate surface area is 179 Å². The number of rotatable bonds is 16. The zero-order valence-electron chi connectivity index (χ0n) is 16.3. The lowest BCUT2D eigenvalue weighted by molar-refractivity contribution is -0.136. The molecule has 11 heteroatoms. The lowest BCUT2D eigenvalue weighted by Gasteiger charge is -2.25. The van der Waals surface area contributed by atoms with Gasteiger partial charge >= 0.3 is 12.4 Å². The van der Waals surface area contributed by atoms with Crippen LogP contribution in [0.1, 0.15) is 77.0 Å². The van der Waals surface area contributed by atoms with E-state index in [-0.39, 0.29) is 63.1 Å². The molecule has 0 saturated heterocycles. The second-order valence-corrected chi connectivity index (χ2v) is 10.5. The van der Waals surface area contributed by atoms with Gasteiger partial charge in [-0.25, -0.2) is 8.42 Å². The molecule has 0 N–H and O–H groups in total. The zero-order chi connectivity index (χ0) is 22.6. The number of hydrogen-bond acceptors (Lipinski definition) is 2. The van der Waals surface area contributed by atoms with Crippen molar-refractivity contribution in [2.75, 3.05) is 11.8 Å². The highest BCUT2D eigenvalue weighted by Crippen LogP contribution is 2.30. The monoisotopic (exact) mass is 494 g/mol. The van der Waals surface area contributed by atoms with Crippen molar-refractivity contribution in [1.29, 1.82) is 0 Å². The van der Waals surface area contributed by atoms with Crippen LogP contribution in [0, 0.1) is 0 Å². The summed E-state index contributed by atoms with van der Waals surface area (Å²) in [4.78, 5) is 0. The maximum atomic E-state index is 13.1. The summed E-state index contributed by atoms with van der Waals surface area (Å²) in [5, 5.41) is -1.67. The van der Waals surface area contributed by atoms with Crippen LogP contribution in [0.5, 0.6) is 0 Å². The van der Waals surface area contributed by atoms with E-state index in [9.17, 15) is 34.8 Å². The summed E-state index contributed by atoms with van der Waals surface area (Å²) < 4.78 is 100.